The first-order valence-corrected chi connectivity index (χ1v) is 8.53. The van der Waals surface area contributed by atoms with Crippen LogP contribution in [0.5, 0.6) is 0 Å². The van der Waals surface area contributed by atoms with Crippen molar-refractivity contribution in [2.24, 2.45) is 0 Å². The van der Waals surface area contributed by atoms with Crippen molar-refractivity contribution >= 4 is 0 Å². The molecule has 0 spiro atoms. The van der Waals surface area contributed by atoms with Crippen molar-refractivity contribution in [1.29, 1.82) is 0 Å². The summed E-state index contributed by atoms with van der Waals surface area (Å²) in [6.45, 7) is 2.23. The maximum atomic E-state index is 2.33. The first-order chi connectivity index (χ1) is 11.3. The summed E-state index contributed by atoms with van der Waals surface area (Å²) in [5.74, 6) is 0.464. The molecule has 0 aromatic heterocycles. The van der Waals surface area contributed by atoms with Crippen LogP contribution in [0.1, 0.15) is 39.3 Å². The van der Waals surface area contributed by atoms with Crippen molar-refractivity contribution in [3.8, 4) is 0 Å². The Balaban J connectivity index is 1.85. The molecule has 4 rings (SSSR count). The second-order valence-corrected chi connectivity index (χ2v) is 6.58. The number of benzene rings is 3. The van der Waals surface area contributed by atoms with Gasteiger partial charge in [-0.05, 0) is 59.6 Å². The molecule has 0 fully saturated rings. The Labute approximate surface area is 138 Å². The first kappa shape index (κ1) is 14.3. The van der Waals surface area contributed by atoms with Crippen LogP contribution in [0.2, 0.25) is 0 Å². The van der Waals surface area contributed by atoms with Crippen LogP contribution in [0.3, 0.4) is 0 Å². The van der Waals surface area contributed by atoms with Crippen molar-refractivity contribution in [3.63, 3.8) is 0 Å². The lowest BCUT2D eigenvalue weighted by molar-refractivity contribution is 0.795. The van der Waals surface area contributed by atoms with Crippen LogP contribution < -0.4 is 0 Å². The second-order valence-electron chi connectivity index (χ2n) is 6.58. The molecule has 0 N–H and O–H groups in total. The van der Waals surface area contributed by atoms with Crippen LogP contribution in [-0.4, -0.2) is 0 Å². The summed E-state index contributed by atoms with van der Waals surface area (Å²) in [6, 6.07) is 26.8. The summed E-state index contributed by atoms with van der Waals surface area (Å²) in [5.41, 5.74) is 8.92. The maximum absolute atomic E-state index is 2.33. The quantitative estimate of drug-likeness (QED) is 0.588. The van der Waals surface area contributed by atoms with E-state index < -0.39 is 0 Å². The van der Waals surface area contributed by atoms with Gasteiger partial charge < -0.3 is 0 Å². The fourth-order valence-corrected chi connectivity index (χ4v) is 3.92. The third-order valence-electron chi connectivity index (χ3n) is 5.21. The number of aryl methyl sites for hydroxylation is 3. The van der Waals surface area contributed by atoms with Gasteiger partial charge in [-0.25, -0.2) is 0 Å². The summed E-state index contributed by atoms with van der Waals surface area (Å²) < 4.78 is 0. The van der Waals surface area contributed by atoms with Crippen LogP contribution in [0.25, 0.3) is 0 Å². The first-order valence-electron chi connectivity index (χ1n) is 8.53. The minimum atomic E-state index is 0.464. The average molecular weight is 298 g/mol. The molecule has 0 saturated carbocycles. The molecule has 0 nitrogen and oxygen atoms in total. The summed E-state index contributed by atoms with van der Waals surface area (Å²) in [4.78, 5) is 0. The Kier molecular flexibility index (Phi) is 3.75. The summed E-state index contributed by atoms with van der Waals surface area (Å²) in [5, 5.41) is 0. The molecule has 0 heteroatoms. The van der Waals surface area contributed by atoms with Crippen LogP contribution >= 0.6 is 0 Å². The smallest absolute Gasteiger partial charge is 0.0135 e. The lowest BCUT2D eigenvalue weighted by Gasteiger charge is -2.21. The van der Waals surface area contributed by atoms with Crippen molar-refractivity contribution in [1.82, 2.24) is 0 Å². The molecule has 23 heavy (non-hydrogen) atoms. The zero-order valence-electron chi connectivity index (χ0n) is 13.6. The summed E-state index contributed by atoms with van der Waals surface area (Å²) in [6.07, 6.45) is 3.38. The topological polar surface area (TPSA) is 0 Å². The van der Waals surface area contributed by atoms with Gasteiger partial charge in [-0.1, -0.05) is 72.8 Å². The van der Waals surface area contributed by atoms with Gasteiger partial charge in [-0.3, -0.25) is 0 Å². The minimum Gasteiger partial charge on any atom is -0.0620 e. The Morgan fingerprint density at radius 2 is 1.22 bits per heavy atom. The number of hydrogen-bond acceptors (Lipinski definition) is 0. The Morgan fingerprint density at radius 1 is 0.696 bits per heavy atom. The van der Waals surface area contributed by atoms with E-state index in [9.17, 15) is 0 Å². The molecular weight excluding hydrogens is 276 g/mol. The molecule has 3 aromatic rings. The molecule has 1 aliphatic rings. The molecule has 0 saturated heterocycles. The SMILES string of the molecule is Cc1ccccc1CC1c2ccccc2CCc2ccccc21. The molecule has 0 unspecified atom stereocenters. The van der Waals surface area contributed by atoms with Crippen molar-refractivity contribution in [3.05, 3.63) is 106 Å². The second kappa shape index (κ2) is 6.04. The Hall–Kier alpha value is -2.34. The molecule has 3 aromatic carbocycles. The predicted molar refractivity (Wildman–Crippen MR) is 97.0 cm³/mol. The number of fused-ring (bicyclic) bond motifs is 2. The molecule has 0 aliphatic heterocycles. The van der Waals surface area contributed by atoms with Crippen molar-refractivity contribution in [2.75, 3.05) is 0 Å². The highest BCUT2D eigenvalue weighted by Crippen LogP contribution is 2.36. The Bertz CT molecular complexity index is 781. The third-order valence-corrected chi connectivity index (χ3v) is 5.21. The Morgan fingerprint density at radius 3 is 1.83 bits per heavy atom. The van der Waals surface area contributed by atoms with Gasteiger partial charge in [0.05, 0.1) is 0 Å². The molecule has 0 bridgehead atoms. The fraction of sp³-hybridized carbons (Fsp3) is 0.217. The van der Waals surface area contributed by atoms with E-state index in [-0.39, 0.29) is 0 Å². The molecule has 0 heterocycles. The van der Waals surface area contributed by atoms with Gasteiger partial charge >= 0.3 is 0 Å². The molecule has 0 amide bonds. The van der Waals surface area contributed by atoms with Crippen molar-refractivity contribution in [2.45, 2.75) is 32.1 Å². The lowest BCUT2D eigenvalue weighted by atomic mass is 9.83. The van der Waals surface area contributed by atoms with Crippen LogP contribution in [0.4, 0.5) is 0 Å². The maximum Gasteiger partial charge on any atom is 0.0135 e. The lowest BCUT2D eigenvalue weighted by Crippen LogP contribution is -2.08. The van der Waals surface area contributed by atoms with Crippen LogP contribution in [0.15, 0.2) is 72.8 Å². The van der Waals surface area contributed by atoms with E-state index >= 15 is 0 Å². The zero-order chi connectivity index (χ0) is 15.6. The van der Waals surface area contributed by atoms with Gasteiger partial charge in [-0.2, -0.15) is 0 Å². The van der Waals surface area contributed by atoms with E-state index in [0.29, 0.717) is 5.92 Å². The standard InChI is InChI=1S/C23H22/c1-17-8-2-3-11-20(17)16-23-21-12-6-4-9-18(21)14-15-19-10-5-7-13-22(19)23/h2-13,23H,14-16H2,1H3. The van der Waals surface area contributed by atoms with Crippen LogP contribution in [-0.2, 0) is 19.3 Å². The van der Waals surface area contributed by atoms with Gasteiger partial charge in [0.1, 0.15) is 0 Å². The van der Waals surface area contributed by atoms with Gasteiger partial charge in [0, 0.05) is 5.92 Å². The van der Waals surface area contributed by atoms with E-state index in [1.54, 1.807) is 0 Å². The highest BCUT2D eigenvalue weighted by molar-refractivity contribution is 5.46. The third kappa shape index (κ3) is 2.70. The minimum absolute atomic E-state index is 0.464. The van der Waals surface area contributed by atoms with E-state index in [0.717, 1.165) is 19.3 Å². The van der Waals surface area contributed by atoms with E-state index in [4.69, 9.17) is 0 Å². The summed E-state index contributed by atoms with van der Waals surface area (Å²) in [7, 11) is 0. The van der Waals surface area contributed by atoms with Gasteiger partial charge in [-0.15, -0.1) is 0 Å². The predicted octanol–water partition coefficient (Wildman–Crippen LogP) is 5.47. The molecule has 0 radical (unpaired) electrons. The number of hydrogen-bond donors (Lipinski definition) is 0. The molecule has 1 aliphatic carbocycles. The van der Waals surface area contributed by atoms with Gasteiger partial charge in [0.25, 0.3) is 0 Å². The monoisotopic (exact) mass is 298 g/mol. The van der Waals surface area contributed by atoms with E-state index in [1.165, 1.54) is 33.4 Å². The summed E-state index contributed by atoms with van der Waals surface area (Å²) >= 11 is 0. The fourth-order valence-electron chi connectivity index (χ4n) is 3.92. The normalized spacial score (nSPS) is 14.0. The van der Waals surface area contributed by atoms with E-state index in [1.807, 2.05) is 0 Å². The number of rotatable bonds is 2. The highest BCUT2D eigenvalue weighted by atomic mass is 14.3. The zero-order valence-corrected chi connectivity index (χ0v) is 13.6. The molecular formula is C23H22. The average Bonchev–Trinajstić information content (AvgIpc) is 2.75. The highest BCUT2D eigenvalue weighted by Gasteiger charge is 2.23. The molecule has 0 atom stereocenters. The molecule has 114 valence electrons. The largest absolute Gasteiger partial charge is 0.0620 e. The van der Waals surface area contributed by atoms with Crippen molar-refractivity contribution < 1.29 is 0 Å². The van der Waals surface area contributed by atoms with Crippen LogP contribution in [0, 0.1) is 6.92 Å². The van der Waals surface area contributed by atoms with E-state index in [2.05, 4.69) is 79.7 Å². The van der Waals surface area contributed by atoms with Gasteiger partial charge in [0.2, 0.25) is 0 Å². The van der Waals surface area contributed by atoms with Gasteiger partial charge in [0.15, 0.2) is 0 Å².